The number of hydrogen-bond donors (Lipinski definition) is 2. The van der Waals surface area contributed by atoms with Crippen LogP contribution in [0.3, 0.4) is 0 Å². The van der Waals surface area contributed by atoms with Gasteiger partial charge in [0.05, 0.1) is 11.8 Å². The average molecular weight is 460 g/mol. The minimum atomic E-state index is -0.791. The Bertz CT molecular complexity index is 1150. The number of hydrogen-bond acceptors (Lipinski definition) is 7. The SMILES string of the molecule is CC(C)OC(=O)OC(c1ccccc1)c1ccc(NC(=O)[C@@H]2C=C(c3cccnc3)NO2)cc1. The third-order valence-electron chi connectivity index (χ3n) is 4.97. The summed E-state index contributed by atoms with van der Waals surface area (Å²) in [4.78, 5) is 34.3. The molecule has 0 spiro atoms. The molecule has 1 aliphatic heterocycles. The van der Waals surface area contributed by atoms with Gasteiger partial charge in [-0.15, -0.1) is 0 Å². The van der Waals surface area contributed by atoms with Crippen molar-refractivity contribution < 1.29 is 23.9 Å². The van der Waals surface area contributed by atoms with Crippen molar-refractivity contribution in [1.82, 2.24) is 10.5 Å². The van der Waals surface area contributed by atoms with E-state index in [1.54, 1.807) is 56.6 Å². The van der Waals surface area contributed by atoms with Gasteiger partial charge in [0, 0.05) is 23.6 Å². The molecular formula is C26H25N3O5. The number of carbonyl (C=O) groups excluding carboxylic acids is 2. The standard InChI is InChI=1S/C26H25N3O5/c1-17(2)32-26(31)33-24(18-7-4-3-5-8-18)19-10-12-21(13-11-19)28-25(30)23-15-22(29-34-23)20-9-6-14-27-16-20/h3-17,23-24,29H,1-2H3,(H,28,30)/t23-,24?/m0/s1. The van der Waals surface area contributed by atoms with Gasteiger partial charge in [-0.2, -0.15) is 0 Å². The van der Waals surface area contributed by atoms with Crippen LogP contribution in [0.25, 0.3) is 5.70 Å². The largest absolute Gasteiger partial charge is 0.509 e. The molecule has 2 N–H and O–H groups in total. The van der Waals surface area contributed by atoms with Crippen molar-refractivity contribution in [2.24, 2.45) is 0 Å². The van der Waals surface area contributed by atoms with Gasteiger partial charge in [-0.05, 0) is 55.3 Å². The molecule has 2 atom stereocenters. The summed E-state index contributed by atoms with van der Waals surface area (Å²) in [6, 6.07) is 20.1. The zero-order valence-electron chi connectivity index (χ0n) is 18.8. The van der Waals surface area contributed by atoms with Crippen LogP contribution in [0.5, 0.6) is 0 Å². The molecule has 0 saturated carbocycles. The highest BCUT2D eigenvalue weighted by Gasteiger charge is 2.25. The van der Waals surface area contributed by atoms with Gasteiger partial charge in [0.15, 0.2) is 12.2 Å². The maximum absolute atomic E-state index is 12.7. The summed E-state index contributed by atoms with van der Waals surface area (Å²) >= 11 is 0. The van der Waals surface area contributed by atoms with E-state index >= 15 is 0 Å². The zero-order chi connectivity index (χ0) is 23.9. The Kier molecular flexibility index (Phi) is 7.19. The number of anilines is 1. The van der Waals surface area contributed by atoms with Crippen molar-refractivity contribution in [3.63, 3.8) is 0 Å². The summed E-state index contributed by atoms with van der Waals surface area (Å²) in [5.41, 5.74) is 6.39. The second-order valence-electron chi connectivity index (χ2n) is 7.90. The van der Waals surface area contributed by atoms with Crippen LogP contribution in [-0.4, -0.2) is 29.3 Å². The fourth-order valence-electron chi connectivity index (χ4n) is 3.38. The maximum Gasteiger partial charge on any atom is 0.509 e. The van der Waals surface area contributed by atoms with Gasteiger partial charge < -0.3 is 14.8 Å². The summed E-state index contributed by atoms with van der Waals surface area (Å²) in [5, 5.41) is 2.83. The molecule has 0 aliphatic carbocycles. The van der Waals surface area contributed by atoms with E-state index in [1.807, 2.05) is 42.5 Å². The first-order valence-corrected chi connectivity index (χ1v) is 10.9. The molecule has 0 fully saturated rings. The molecule has 1 aromatic heterocycles. The Morgan fingerprint density at radius 1 is 0.971 bits per heavy atom. The minimum absolute atomic E-state index is 0.290. The number of carbonyl (C=O) groups is 2. The summed E-state index contributed by atoms with van der Waals surface area (Å²) in [5.74, 6) is -0.324. The number of nitrogens with one attached hydrogen (secondary N) is 2. The van der Waals surface area contributed by atoms with E-state index in [2.05, 4.69) is 15.8 Å². The van der Waals surface area contributed by atoms with Crippen molar-refractivity contribution in [3.05, 3.63) is 102 Å². The van der Waals surface area contributed by atoms with Crippen molar-refractivity contribution in [3.8, 4) is 0 Å². The number of hydroxylamine groups is 1. The summed E-state index contributed by atoms with van der Waals surface area (Å²) < 4.78 is 10.8. The lowest BCUT2D eigenvalue weighted by Crippen LogP contribution is -2.28. The molecular weight excluding hydrogens is 434 g/mol. The maximum atomic E-state index is 12.7. The zero-order valence-corrected chi connectivity index (χ0v) is 18.8. The molecule has 3 aromatic rings. The van der Waals surface area contributed by atoms with Gasteiger partial charge in [0.25, 0.3) is 5.91 Å². The van der Waals surface area contributed by atoms with Crippen LogP contribution in [0, 0.1) is 0 Å². The molecule has 1 aliphatic rings. The van der Waals surface area contributed by atoms with Crippen molar-refractivity contribution in [2.75, 3.05) is 5.32 Å². The molecule has 174 valence electrons. The predicted molar refractivity (Wildman–Crippen MR) is 126 cm³/mol. The van der Waals surface area contributed by atoms with E-state index in [-0.39, 0.29) is 12.0 Å². The van der Waals surface area contributed by atoms with E-state index in [1.165, 1.54) is 0 Å². The Labute approximate surface area is 197 Å². The number of rotatable bonds is 7. The molecule has 8 nitrogen and oxygen atoms in total. The Morgan fingerprint density at radius 3 is 2.38 bits per heavy atom. The van der Waals surface area contributed by atoms with Gasteiger partial charge in [-0.25, -0.2) is 4.79 Å². The molecule has 1 unspecified atom stereocenters. The summed E-state index contributed by atoms with van der Waals surface area (Å²) in [6.07, 6.45) is 2.58. The van der Waals surface area contributed by atoms with Crippen molar-refractivity contribution in [2.45, 2.75) is 32.2 Å². The van der Waals surface area contributed by atoms with Crippen LogP contribution in [-0.2, 0) is 19.1 Å². The lowest BCUT2D eigenvalue weighted by Gasteiger charge is -2.20. The van der Waals surface area contributed by atoms with Gasteiger partial charge in [0.2, 0.25) is 0 Å². The fourth-order valence-corrected chi connectivity index (χ4v) is 3.38. The van der Waals surface area contributed by atoms with Gasteiger partial charge in [-0.3, -0.25) is 20.1 Å². The fraction of sp³-hybridized carbons (Fsp3) is 0.192. The van der Waals surface area contributed by atoms with Crippen LogP contribution in [0.15, 0.2) is 85.2 Å². The number of amides is 1. The smallest absolute Gasteiger partial charge is 0.432 e. The average Bonchev–Trinajstić information content (AvgIpc) is 3.35. The first-order chi connectivity index (χ1) is 16.5. The molecule has 8 heteroatoms. The molecule has 0 radical (unpaired) electrons. The first kappa shape index (κ1) is 23.0. The first-order valence-electron chi connectivity index (χ1n) is 10.9. The molecule has 0 saturated heterocycles. The lowest BCUT2D eigenvalue weighted by molar-refractivity contribution is -0.125. The monoisotopic (exact) mass is 459 g/mol. The quantitative estimate of drug-likeness (QED) is 0.498. The summed E-state index contributed by atoms with van der Waals surface area (Å²) in [6.45, 7) is 3.52. The van der Waals surface area contributed by atoms with Crippen LogP contribution < -0.4 is 10.8 Å². The number of pyridine rings is 1. The Hall–Kier alpha value is -4.17. The van der Waals surface area contributed by atoms with E-state index in [0.29, 0.717) is 11.4 Å². The van der Waals surface area contributed by atoms with Crippen molar-refractivity contribution in [1.29, 1.82) is 0 Å². The van der Waals surface area contributed by atoms with Crippen LogP contribution in [0.1, 0.15) is 36.6 Å². The van der Waals surface area contributed by atoms with Gasteiger partial charge in [0.1, 0.15) is 0 Å². The highest BCUT2D eigenvalue weighted by atomic mass is 16.7. The number of nitrogens with zero attached hydrogens (tertiary/aromatic N) is 1. The lowest BCUT2D eigenvalue weighted by atomic mass is 10.0. The molecule has 34 heavy (non-hydrogen) atoms. The highest BCUT2D eigenvalue weighted by Crippen LogP contribution is 2.28. The number of benzene rings is 2. The molecule has 2 aromatic carbocycles. The molecule has 0 bridgehead atoms. The van der Waals surface area contributed by atoms with E-state index in [4.69, 9.17) is 14.3 Å². The molecule has 4 rings (SSSR count). The molecule has 2 heterocycles. The number of aromatic nitrogens is 1. The highest BCUT2D eigenvalue weighted by molar-refractivity contribution is 5.97. The van der Waals surface area contributed by atoms with E-state index < -0.39 is 18.4 Å². The third kappa shape index (κ3) is 5.79. The van der Waals surface area contributed by atoms with E-state index in [0.717, 1.165) is 16.7 Å². The van der Waals surface area contributed by atoms with Crippen LogP contribution in [0.2, 0.25) is 0 Å². The topological polar surface area (TPSA) is 98.8 Å². The predicted octanol–water partition coefficient (Wildman–Crippen LogP) is 4.62. The Morgan fingerprint density at radius 2 is 1.71 bits per heavy atom. The van der Waals surface area contributed by atoms with Crippen LogP contribution >= 0.6 is 0 Å². The van der Waals surface area contributed by atoms with Gasteiger partial charge in [-0.1, -0.05) is 42.5 Å². The van der Waals surface area contributed by atoms with Crippen LogP contribution in [0.4, 0.5) is 10.5 Å². The Balaban J connectivity index is 1.45. The second-order valence-corrected chi connectivity index (χ2v) is 7.90. The second kappa shape index (κ2) is 10.6. The normalized spacial score (nSPS) is 15.7. The van der Waals surface area contributed by atoms with E-state index in [9.17, 15) is 9.59 Å². The summed E-state index contributed by atoms with van der Waals surface area (Å²) in [7, 11) is 0. The number of ether oxygens (including phenoxy) is 2. The van der Waals surface area contributed by atoms with Gasteiger partial charge >= 0.3 is 6.16 Å². The minimum Gasteiger partial charge on any atom is -0.432 e. The third-order valence-corrected chi connectivity index (χ3v) is 4.97. The van der Waals surface area contributed by atoms with Crippen molar-refractivity contribution >= 4 is 23.4 Å². The molecule has 1 amide bonds.